The van der Waals surface area contributed by atoms with Crippen LogP contribution in [0.3, 0.4) is 0 Å². The van der Waals surface area contributed by atoms with Gasteiger partial charge in [-0.1, -0.05) is 44.2 Å². The highest BCUT2D eigenvalue weighted by atomic mass is 16.4. The van der Waals surface area contributed by atoms with Crippen LogP contribution in [0.5, 0.6) is 0 Å². The Morgan fingerprint density at radius 2 is 1.75 bits per heavy atom. The quantitative estimate of drug-likeness (QED) is 0.716. The van der Waals surface area contributed by atoms with Crippen molar-refractivity contribution in [3.05, 3.63) is 35.9 Å². The molecule has 1 aromatic rings. The van der Waals surface area contributed by atoms with Gasteiger partial charge < -0.3 is 15.7 Å². The van der Waals surface area contributed by atoms with Crippen LogP contribution >= 0.6 is 0 Å². The van der Waals surface area contributed by atoms with Crippen molar-refractivity contribution in [1.29, 1.82) is 0 Å². The van der Waals surface area contributed by atoms with E-state index in [1.165, 1.54) is 0 Å². The number of carboxylic acids is 1. The molecule has 3 N–H and O–H groups in total. The van der Waals surface area contributed by atoms with Gasteiger partial charge in [0.15, 0.2) is 0 Å². The Kier molecular flexibility index (Phi) is 6.56. The second-order valence-electron chi connectivity index (χ2n) is 4.67. The smallest absolute Gasteiger partial charge is 0.315 e. The minimum atomic E-state index is -0.945. The first-order valence-electron chi connectivity index (χ1n) is 6.90. The van der Waals surface area contributed by atoms with Gasteiger partial charge in [-0.05, 0) is 18.4 Å². The minimum Gasteiger partial charge on any atom is -0.481 e. The molecule has 5 nitrogen and oxygen atoms in total. The third-order valence-electron chi connectivity index (χ3n) is 3.29. The first kappa shape index (κ1) is 16.0. The third kappa shape index (κ3) is 4.91. The molecule has 2 amide bonds. The molecule has 0 fully saturated rings. The zero-order valence-electron chi connectivity index (χ0n) is 11.9. The van der Waals surface area contributed by atoms with E-state index in [0.717, 1.165) is 12.8 Å². The molecule has 0 radical (unpaired) electrons. The van der Waals surface area contributed by atoms with Crippen molar-refractivity contribution in [2.24, 2.45) is 0 Å². The van der Waals surface area contributed by atoms with E-state index < -0.39 is 11.9 Å². The molecule has 1 aromatic carbocycles. The van der Waals surface area contributed by atoms with Gasteiger partial charge in [0.2, 0.25) is 0 Å². The molecule has 0 saturated carbocycles. The molecule has 0 spiro atoms. The SMILES string of the molecule is CCC(CC)NC(=O)NCC(C(=O)O)c1ccccc1. The van der Waals surface area contributed by atoms with E-state index in [-0.39, 0.29) is 18.6 Å². The molecule has 20 heavy (non-hydrogen) atoms. The highest BCUT2D eigenvalue weighted by molar-refractivity contribution is 5.79. The lowest BCUT2D eigenvalue weighted by atomic mass is 9.99. The van der Waals surface area contributed by atoms with E-state index >= 15 is 0 Å². The van der Waals surface area contributed by atoms with Crippen LogP contribution in [0, 0.1) is 0 Å². The van der Waals surface area contributed by atoms with Gasteiger partial charge in [-0.15, -0.1) is 0 Å². The van der Waals surface area contributed by atoms with Crippen LogP contribution in [-0.2, 0) is 4.79 Å². The summed E-state index contributed by atoms with van der Waals surface area (Å²) < 4.78 is 0. The number of hydrogen-bond acceptors (Lipinski definition) is 2. The maximum absolute atomic E-state index is 11.7. The molecule has 0 aliphatic carbocycles. The van der Waals surface area contributed by atoms with Crippen molar-refractivity contribution in [1.82, 2.24) is 10.6 Å². The predicted molar refractivity (Wildman–Crippen MR) is 77.7 cm³/mol. The molecule has 5 heteroatoms. The number of urea groups is 1. The van der Waals surface area contributed by atoms with E-state index in [0.29, 0.717) is 5.56 Å². The largest absolute Gasteiger partial charge is 0.481 e. The fraction of sp³-hybridized carbons (Fsp3) is 0.467. The normalized spacial score (nSPS) is 11.9. The monoisotopic (exact) mass is 278 g/mol. The average molecular weight is 278 g/mol. The first-order chi connectivity index (χ1) is 9.58. The van der Waals surface area contributed by atoms with Crippen LogP contribution in [0.4, 0.5) is 4.79 Å². The second kappa shape index (κ2) is 8.19. The molecule has 0 aromatic heterocycles. The Balaban J connectivity index is 2.56. The van der Waals surface area contributed by atoms with Crippen LogP contribution in [0.1, 0.15) is 38.2 Å². The van der Waals surface area contributed by atoms with E-state index in [4.69, 9.17) is 0 Å². The summed E-state index contributed by atoms with van der Waals surface area (Å²) in [5, 5.41) is 14.7. The molecular weight excluding hydrogens is 256 g/mol. The van der Waals surface area contributed by atoms with Crippen molar-refractivity contribution in [3.8, 4) is 0 Å². The van der Waals surface area contributed by atoms with Gasteiger partial charge in [0.05, 0.1) is 5.92 Å². The molecule has 110 valence electrons. The van der Waals surface area contributed by atoms with Crippen LogP contribution in [0.2, 0.25) is 0 Å². The van der Waals surface area contributed by atoms with Gasteiger partial charge in [-0.2, -0.15) is 0 Å². The van der Waals surface area contributed by atoms with Crippen LogP contribution in [0.15, 0.2) is 30.3 Å². The van der Waals surface area contributed by atoms with Crippen LogP contribution in [0.25, 0.3) is 0 Å². The highest BCUT2D eigenvalue weighted by Gasteiger charge is 2.20. The summed E-state index contributed by atoms with van der Waals surface area (Å²) in [4.78, 5) is 23.0. The maximum atomic E-state index is 11.7. The summed E-state index contributed by atoms with van der Waals surface area (Å²) in [5.41, 5.74) is 0.683. The van der Waals surface area contributed by atoms with Crippen molar-refractivity contribution < 1.29 is 14.7 Å². The van der Waals surface area contributed by atoms with Gasteiger partial charge in [0.25, 0.3) is 0 Å². The van der Waals surface area contributed by atoms with Crippen molar-refractivity contribution in [2.75, 3.05) is 6.54 Å². The van der Waals surface area contributed by atoms with Gasteiger partial charge >= 0.3 is 12.0 Å². The standard InChI is InChI=1S/C15H22N2O3/c1-3-12(4-2)17-15(20)16-10-13(14(18)19)11-8-6-5-7-9-11/h5-9,12-13H,3-4,10H2,1-2H3,(H,18,19)(H2,16,17,20). The Morgan fingerprint density at radius 3 is 2.25 bits per heavy atom. The number of carboxylic acid groups (broad SMARTS) is 1. The number of amides is 2. The highest BCUT2D eigenvalue weighted by Crippen LogP contribution is 2.14. The van der Waals surface area contributed by atoms with Gasteiger partial charge in [-0.25, -0.2) is 4.79 Å². The Hall–Kier alpha value is -2.04. The van der Waals surface area contributed by atoms with Crippen LogP contribution in [-0.4, -0.2) is 29.7 Å². The lowest BCUT2D eigenvalue weighted by molar-refractivity contribution is -0.138. The molecule has 0 saturated heterocycles. The lowest BCUT2D eigenvalue weighted by Crippen LogP contribution is -2.43. The maximum Gasteiger partial charge on any atom is 0.315 e. The molecule has 1 unspecified atom stereocenters. The number of rotatable bonds is 7. The first-order valence-corrected chi connectivity index (χ1v) is 6.90. The number of benzene rings is 1. The third-order valence-corrected chi connectivity index (χ3v) is 3.29. The molecule has 0 heterocycles. The van der Waals surface area contributed by atoms with Gasteiger partial charge in [0, 0.05) is 12.6 Å². The number of carbonyl (C=O) groups excluding carboxylic acids is 1. The summed E-state index contributed by atoms with van der Waals surface area (Å²) in [6.07, 6.45) is 1.70. The van der Waals surface area contributed by atoms with Crippen LogP contribution < -0.4 is 10.6 Å². The van der Waals surface area contributed by atoms with E-state index in [2.05, 4.69) is 10.6 Å². The van der Waals surface area contributed by atoms with Crippen molar-refractivity contribution in [3.63, 3.8) is 0 Å². The Labute approximate surface area is 119 Å². The molecule has 1 rings (SSSR count). The average Bonchev–Trinajstić information content (AvgIpc) is 2.45. The molecule has 0 aliphatic heterocycles. The van der Waals surface area contributed by atoms with E-state index in [1.54, 1.807) is 24.3 Å². The Bertz CT molecular complexity index is 430. The summed E-state index contributed by atoms with van der Waals surface area (Å²) in [6, 6.07) is 8.70. The van der Waals surface area contributed by atoms with Crippen molar-refractivity contribution in [2.45, 2.75) is 38.6 Å². The minimum absolute atomic E-state index is 0.0747. The molecule has 0 aliphatic rings. The summed E-state index contributed by atoms with van der Waals surface area (Å²) in [5.74, 6) is -1.68. The molecular formula is C15H22N2O3. The number of nitrogens with one attached hydrogen (secondary N) is 2. The van der Waals surface area contributed by atoms with Gasteiger partial charge in [-0.3, -0.25) is 4.79 Å². The number of aliphatic carboxylic acids is 1. The number of hydrogen-bond donors (Lipinski definition) is 3. The van der Waals surface area contributed by atoms with E-state index in [9.17, 15) is 14.7 Å². The lowest BCUT2D eigenvalue weighted by Gasteiger charge is -2.17. The predicted octanol–water partition coefficient (Wildman–Crippen LogP) is 2.34. The molecule has 1 atom stereocenters. The fourth-order valence-corrected chi connectivity index (χ4v) is 1.96. The summed E-state index contributed by atoms with van der Waals surface area (Å²) >= 11 is 0. The zero-order valence-corrected chi connectivity index (χ0v) is 11.9. The summed E-state index contributed by atoms with van der Waals surface area (Å²) in [7, 11) is 0. The van der Waals surface area contributed by atoms with E-state index in [1.807, 2.05) is 19.9 Å². The topological polar surface area (TPSA) is 78.4 Å². The Morgan fingerprint density at radius 1 is 1.15 bits per heavy atom. The summed E-state index contributed by atoms with van der Waals surface area (Å²) in [6.45, 7) is 4.07. The van der Waals surface area contributed by atoms with Crippen molar-refractivity contribution >= 4 is 12.0 Å². The number of carbonyl (C=O) groups is 2. The fourth-order valence-electron chi connectivity index (χ4n) is 1.96. The second-order valence-corrected chi connectivity index (χ2v) is 4.67. The zero-order chi connectivity index (χ0) is 15.0. The van der Waals surface area contributed by atoms with Gasteiger partial charge in [0.1, 0.15) is 0 Å². The molecule has 0 bridgehead atoms.